The van der Waals surface area contributed by atoms with Gasteiger partial charge >= 0.3 is 0 Å². The Bertz CT molecular complexity index is 571. The number of nitrogens with zero attached hydrogens (tertiary/aromatic N) is 1. The van der Waals surface area contributed by atoms with E-state index in [1.807, 2.05) is 23.6 Å². The lowest BCUT2D eigenvalue weighted by Gasteiger charge is -2.18. The van der Waals surface area contributed by atoms with Gasteiger partial charge in [0.2, 0.25) is 0 Å². The van der Waals surface area contributed by atoms with Gasteiger partial charge in [-0.1, -0.05) is 0 Å². The molecule has 3 rings (SSSR count). The van der Waals surface area contributed by atoms with Crippen molar-refractivity contribution in [3.8, 4) is 22.8 Å². The smallest absolute Gasteiger partial charge is 0.162 e. The van der Waals surface area contributed by atoms with Gasteiger partial charge in [-0.3, -0.25) is 0 Å². The molecule has 5 nitrogen and oxygen atoms in total. The first-order valence-corrected chi connectivity index (χ1v) is 6.91. The molecule has 2 N–H and O–H groups in total. The van der Waals surface area contributed by atoms with Crippen molar-refractivity contribution < 1.29 is 14.3 Å². The Labute approximate surface area is 114 Å². The lowest BCUT2D eigenvalue weighted by molar-refractivity contribution is 0.141. The van der Waals surface area contributed by atoms with Crippen molar-refractivity contribution in [2.75, 3.05) is 19.8 Å². The van der Waals surface area contributed by atoms with E-state index in [0.29, 0.717) is 19.8 Å². The average Bonchev–Trinajstić information content (AvgIpc) is 2.93. The maximum Gasteiger partial charge on any atom is 0.162 e. The van der Waals surface area contributed by atoms with Gasteiger partial charge in [-0.25, -0.2) is 10.9 Å². The van der Waals surface area contributed by atoms with Crippen LogP contribution in [0.2, 0.25) is 0 Å². The molecule has 0 unspecified atom stereocenters. The van der Waals surface area contributed by atoms with Crippen molar-refractivity contribution in [3.63, 3.8) is 0 Å². The van der Waals surface area contributed by atoms with Crippen molar-refractivity contribution in [1.82, 2.24) is 4.98 Å². The molecule has 1 aromatic carbocycles. The number of hydrogen-bond acceptors (Lipinski definition) is 6. The van der Waals surface area contributed by atoms with Gasteiger partial charge in [0.1, 0.15) is 13.2 Å². The fourth-order valence-corrected chi connectivity index (χ4v) is 2.70. The molecule has 0 aliphatic carbocycles. The molecule has 0 atom stereocenters. The molecule has 1 aliphatic heterocycles. The lowest BCUT2D eigenvalue weighted by Crippen LogP contribution is -2.15. The van der Waals surface area contributed by atoms with Crippen molar-refractivity contribution in [1.29, 1.82) is 0 Å². The molecule has 0 spiro atoms. The predicted octanol–water partition coefficient (Wildman–Crippen LogP) is 2.01. The number of thiazole rings is 1. The lowest BCUT2D eigenvalue weighted by atomic mass is 10.1. The zero-order valence-electron chi connectivity index (χ0n) is 10.3. The number of fused-ring (bicyclic) bond motifs is 1. The molecule has 19 heavy (non-hydrogen) atoms. The predicted molar refractivity (Wildman–Crippen MR) is 72.4 cm³/mol. The van der Waals surface area contributed by atoms with Crippen LogP contribution in [0.1, 0.15) is 5.01 Å². The van der Waals surface area contributed by atoms with E-state index in [0.717, 1.165) is 34.2 Å². The normalized spacial score (nSPS) is 13.5. The summed E-state index contributed by atoms with van der Waals surface area (Å²) in [6.45, 7) is 1.67. The van der Waals surface area contributed by atoms with Crippen LogP contribution in [0, 0.1) is 0 Å². The third-order valence-electron chi connectivity index (χ3n) is 2.82. The van der Waals surface area contributed by atoms with Gasteiger partial charge in [0.25, 0.3) is 0 Å². The molecule has 6 heteroatoms. The zero-order valence-corrected chi connectivity index (χ0v) is 11.1. The summed E-state index contributed by atoms with van der Waals surface area (Å²) in [7, 11) is 0. The summed E-state index contributed by atoms with van der Waals surface area (Å²) in [5, 5.41) is 3.03. The number of aromatic nitrogens is 1. The van der Waals surface area contributed by atoms with Crippen LogP contribution in [-0.2, 0) is 11.3 Å². The molecular formula is C13H14N2O3S. The summed E-state index contributed by atoms with van der Waals surface area (Å²) in [6.07, 6.45) is 0.728. The largest absolute Gasteiger partial charge is 0.486 e. The maximum atomic E-state index is 5.57. The van der Waals surface area contributed by atoms with Crippen LogP contribution in [0.3, 0.4) is 0 Å². The fourth-order valence-electron chi connectivity index (χ4n) is 1.91. The molecule has 0 amide bonds. The first-order chi connectivity index (χ1) is 9.36. The minimum absolute atomic E-state index is 0.480. The van der Waals surface area contributed by atoms with E-state index in [-0.39, 0.29) is 0 Å². The Balaban J connectivity index is 1.83. The Morgan fingerprint density at radius 2 is 2.11 bits per heavy atom. The Morgan fingerprint density at radius 3 is 2.95 bits per heavy atom. The quantitative estimate of drug-likeness (QED) is 0.867. The Kier molecular flexibility index (Phi) is 3.63. The molecule has 2 aromatic rings. The molecule has 1 aromatic heterocycles. The summed E-state index contributed by atoms with van der Waals surface area (Å²) in [6, 6.07) is 5.88. The van der Waals surface area contributed by atoms with Crippen molar-refractivity contribution in [2.45, 2.75) is 6.42 Å². The minimum atomic E-state index is 0.480. The standard InChI is InChI=1S/C13H14N2O3S/c14-18-4-3-13-15-10(8-19-13)9-1-2-11-12(7-9)17-6-5-16-11/h1-2,7-8H,3-6,14H2. The van der Waals surface area contributed by atoms with Crippen molar-refractivity contribution in [3.05, 3.63) is 28.6 Å². The Morgan fingerprint density at radius 1 is 1.26 bits per heavy atom. The number of nitrogens with two attached hydrogens (primary N) is 1. The summed E-state index contributed by atoms with van der Waals surface area (Å²) >= 11 is 1.60. The first kappa shape index (κ1) is 12.4. The fraction of sp³-hybridized carbons (Fsp3) is 0.308. The highest BCUT2D eigenvalue weighted by atomic mass is 32.1. The molecule has 1 aliphatic rings. The minimum Gasteiger partial charge on any atom is -0.486 e. The van der Waals surface area contributed by atoms with E-state index >= 15 is 0 Å². The number of ether oxygens (including phenoxy) is 2. The maximum absolute atomic E-state index is 5.57. The second kappa shape index (κ2) is 5.56. The van der Waals surface area contributed by atoms with E-state index in [2.05, 4.69) is 9.82 Å². The van der Waals surface area contributed by atoms with Crippen LogP contribution in [0.4, 0.5) is 0 Å². The second-order valence-corrected chi connectivity index (χ2v) is 5.05. The summed E-state index contributed by atoms with van der Waals surface area (Å²) in [5.74, 6) is 6.59. The molecule has 0 radical (unpaired) electrons. The van der Waals surface area contributed by atoms with Crippen LogP contribution in [0.15, 0.2) is 23.6 Å². The summed E-state index contributed by atoms with van der Waals surface area (Å²) in [4.78, 5) is 9.12. The molecular weight excluding hydrogens is 264 g/mol. The first-order valence-electron chi connectivity index (χ1n) is 6.03. The van der Waals surface area contributed by atoms with Crippen LogP contribution < -0.4 is 15.4 Å². The number of rotatable bonds is 4. The van der Waals surface area contributed by atoms with Crippen molar-refractivity contribution >= 4 is 11.3 Å². The molecule has 0 saturated carbocycles. The number of hydrogen-bond donors (Lipinski definition) is 1. The van der Waals surface area contributed by atoms with E-state index < -0.39 is 0 Å². The van der Waals surface area contributed by atoms with Crippen LogP contribution in [0.5, 0.6) is 11.5 Å². The topological polar surface area (TPSA) is 66.6 Å². The van der Waals surface area contributed by atoms with Crippen molar-refractivity contribution in [2.24, 2.45) is 5.90 Å². The number of benzene rings is 1. The molecule has 0 saturated heterocycles. The van der Waals surface area contributed by atoms with E-state index in [1.165, 1.54) is 0 Å². The molecule has 0 fully saturated rings. The second-order valence-electron chi connectivity index (χ2n) is 4.11. The molecule has 0 bridgehead atoms. The highest BCUT2D eigenvalue weighted by molar-refractivity contribution is 7.09. The third kappa shape index (κ3) is 2.70. The third-order valence-corrected chi connectivity index (χ3v) is 3.73. The van der Waals surface area contributed by atoms with E-state index in [1.54, 1.807) is 11.3 Å². The molecule has 100 valence electrons. The van der Waals surface area contributed by atoms with Gasteiger partial charge in [0, 0.05) is 17.4 Å². The summed E-state index contributed by atoms with van der Waals surface area (Å²) in [5.41, 5.74) is 1.97. The van der Waals surface area contributed by atoms with Gasteiger partial charge in [0.15, 0.2) is 11.5 Å². The van der Waals surface area contributed by atoms with E-state index in [4.69, 9.17) is 15.4 Å². The van der Waals surface area contributed by atoms with Gasteiger partial charge in [-0.2, -0.15) is 0 Å². The SMILES string of the molecule is NOCCc1nc(-c2ccc3c(c2)OCCO3)cs1. The molecule has 2 heterocycles. The van der Waals surface area contributed by atoms with Crippen LogP contribution in [0.25, 0.3) is 11.3 Å². The van der Waals surface area contributed by atoms with Gasteiger partial charge in [-0.05, 0) is 18.2 Å². The van der Waals surface area contributed by atoms with Crippen LogP contribution >= 0.6 is 11.3 Å². The van der Waals surface area contributed by atoms with Gasteiger partial charge in [-0.15, -0.1) is 11.3 Å². The van der Waals surface area contributed by atoms with Gasteiger partial charge in [0.05, 0.1) is 17.3 Å². The highest BCUT2D eigenvalue weighted by Crippen LogP contribution is 2.34. The summed E-state index contributed by atoms with van der Waals surface area (Å²) < 4.78 is 11.1. The average molecular weight is 278 g/mol. The van der Waals surface area contributed by atoms with Crippen LogP contribution in [-0.4, -0.2) is 24.8 Å². The van der Waals surface area contributed by atoms with E-state index in [9.17, 15) is 0 Å². The highest BCUT2D eigenvalue weighted by Gasteiger charge is 2.13. The van der Waals surface area contributed by atoms with Gasteiger partial charge < -0.3 is 14.3 Å². The zero-order chi connectivity index (χ0) is 13.1. The monoisotopic (exact) mass is 278 g/mol. The Hall–Kier alpha value is -1.63.